The van der Waals surface area contributed by atoms with E-state index in [1.807, 2.05) is 30.3 Å². The molecule has 1 N–H and O–H groups in total. The summed E-state index contributed by atoms with van der Waals surface area (Å²) in [6.45, 7) is 0. The minimum Gasteiger partial charge on any atom is -0.478 e. The van der Waals surface area contributed by atoms with Crippen molar-refractivity contribution in [1.82, 2.24) is 0 Å². The highest BCUT2D eigenvalue weighted by Crippen LogP contribution is 2.29. The molecule has 3 rings (SSSR count). The second-order valence-corrected chi connectivity index (χ2v) is 6.04. The number of halogens is 1. The van der Waals surface area contributed by atoms with Gasteiger partial charge in [0, 0.05) is 5.02 Å². The number of carbonyl (C=O) groups is 2. The van der Waals surface area contributed by atoms with Gasteiger partial charge in [-0.25, -0.2) is 9.59 Å². The Balaban J connectivity index is 1.99. The van der Waals surface area contributed by atoms with E-state index in [4.69, 9.17) is 16.3 Å². The fourth-order valence-electron chi connectivity index (χ4n) is 2.64. The normalized spacial score (nSPS) is 11.6. The molecule has 4 nitrogen and oxygen atoms in total. The highest BCUT2D eigenvalue weighted by atomic mass is 35.5. The summed E-state index contributed by atoms with van der Waals surface area (Å²) in [6.07, 6.45) is -0.704. The molecule has 5 heteroatoms. The predicted octanol–water partition coefficient (Wildman–Crippen LogP) is 4.98. The Hall–Kier alpha value is -3.11. The monoisotopic (exact) mass is 366 g/mol. The first-order chi connectivity index (χ1) is 12.6. The Morgan fingerprint density at radius 3 is 2.08 bits per heavy atom. The number of benzene rings is 3. The Bertz CT molecular complexity index is 938. The number of carbonyl (C=O) groups excluding carboxylic acids is 1. The van der Waals surface area contributed by atoms with Crippen LogP contribution < -0.4 is 0 Å². The van der Waals surface area contributed by atoms with Gasteiger partial charge < -0.3 is 9.84 Å². The number of hydrogen-bond acceptors (Lipinski definition) is 3. The van der Waals surface area contributed by atoms with E-state index < -0.39 is 18.0 Å². The van der Waals surface area contributed by atoms with Crippen molar-refractivity contribution >= 4 is 23.5 Å². The van der Waals surface area contributed by atoms with Gasteiger partial charge in [0.15, 0.2) is 6.10 Å². The largest absolute Gasteiger partial charge is 0.478 e. The molecule has 130 valence electrons. The molecule has 0 saturated carbocycles. The van der Waals surface area contributed by atoms with Crippen molar-refractivity contribution in [2.45, 2.75) is 6.10 Å². The maximum Gasteiger partial charge on any atom is 0.339 e. The molecule has 0 fully saturated rings. The molecule has 0 radical (unpaired) electrons. The van der Waals surface area contributed by atoms with E-state index in [0.717, 1.165) is 5.56 Å². The average molecular weight is 367 g/mol. The number of carboxylic acid groups (broad SMARTS) is 1. The van der Waals surface area contributed by atoms with E-state index in [1.54, 1.807) is 36.4 Å². The zero-order chi connectivity index (χ0) is 18.5. The molecular weight excluding hydrogens is 352 g/mol. The second kappa shape index (κ2) is 7.85. The highest BCUT2D eigenvalue weighted by Gasteiger charge is 2.23. The molecule has 1 atom stereocenters. The Labute approximate surface area is 155 Å². The molecule has 0 aromatic heterocycles. The van der Waals surface area contributed by atoms with Gasteiger partial charge in [0.2, 0.25) is 0 Å². The van der Waals surface area contributed by atoms with Crippen molar-refractivity contribution in [3.05, 3.63) is 106 Å². The van der Waals surface area contributed by atoms with E-state index >= 15 is 0 Å². The summed E-state index contributed by atoms with van der Waals surface area (Å²) >= 11 is 6.08. The zero-order valence-electron chi connectivity index (χ0n) is 13.6. The lowest BCUT2D eigenvalue weighted by atomic mass is 10.0. The van der Waals surface area contributed by atoms with E-state index in [-0.39, 0.29) is 11.1 Å². The third-order valence-corrected chi connectivity index (χ3v) is 4.09. The van der Waals surface area contributed by atoms with Gasteiger partial charge in [-0.15, -0.1) is 0 Å². The van der Waals surface area contributed by atoms with Gasteiger partial charge in [-0.1, -0.05) is 66.2 Å². The van der Waals surface area contributed by atoms with Crippen molar-refractivity contribution in [1.29, 1.82) is 0 Å². The third kappa shape index (κ3) is 3.92. The summed E-state index contributed by atoms with van der Waals surface area (Å²) in [7, 11) is 0. The Morgan fingerprint density at radius 1 is 0.808 bits per heavy atom. The lowest BCUT2D eigenvalue weighted by molar-refractivity contribution is 0.0371. The molecule has 3 aromatic carbocycles. The Morgan fingerprint density at radius 2 is 1.42 bits per heavy atom. The van der Waals surface area contributed by atoms with Crippen LogP contribution >= 0.6 is 11.6 Å². The molecule has 0 aliphatic heterocycles. The first-order valence-electron chi connectivity index (χ1n) is 7.90. The summed E-state index contributed by atoms with van der Waals surface area (Å²) in [5, 5.41) is 9.81. The second-order valence-electron chi connectivity index (χ2n) is 5.60. The van der Waals surface area contributed by atoms with Crippen LogP contribution in [0.15, 0.2) is 78.9 Å². The summed E-state index contributed by atoms with van der Waals surface area (Å²) in [6, 6.07) is 22.2. The summed E-state index contributed by atoms with van der Waals surface area (Å²) in [5.74, 6) is -1.90. The van der Waals surface area contributed by atoms with Gasteiger partial charge in [0.05, 0.1) is 11.1 Å². The summed E-state index contributed by atoms with van der Waals surface area (Å²) in [5.41, 5.74) is 1.36. The topological polar surface area (TPSA) is 63.6 Å². The van der Waals surface area contributed by atoms with Crippen molar-refractivity contribution < 1.29 is 19.4 Å². The maximum atomic E-state index is 12.7. The van der Waals surface area contributed by atoms with Crippen LogP contribution in [0.5, 0.6) is 0 Å². The van der Waals surface area contributed by atoms with Gasteiger partial charge in [-0.2, -0.15) is 0 Å². The molecule has 0 bridgehead atoms. The number of carboxylic acids is 1. The van der Waals surface area contributed by atoms with Crippen molar-refractivity contribution in [2.24, 2.45) is 0 Å². The highest BCUT2D eigenvalue weighted by molar-refractivity contribution is 6.30. The molecule has 0 aliphatic carbocycles. The van der Waals surface area contributed by atoms with Crippen molar-refractivity contribution in [2.75, 3.05) is 0 Å². The fraction of sp³-hybridized carbons (Fsp3) is 0.0476. The summed E-state index contributed by atoms with van der Waals surface area (Å²) in [4.78, 5) is 24.1. The number of rotatable bonds is 5. The number of esters is 1. The standard InChI is InChI=1S/C21H15ClO4/c22-16-10-6-9-15(13-16)19(14-7-2-1-3-8-14)26-21(25)18-12-5-4-11-17(18)20(23)24/h1-13,19H,(H,23,24). The minimum atomic E-state index is -1.18. The van der Waals surface area contributed by atoms with Gasteiger partial charge >= 0.3 is 11.9 Å². The lowest BCUT2D eigenvalue weighted by Crippen LogP contribution is -2.16. The molecule has 26 heavy (non-hydrogen) atoms. The molecule has 1 unspecified atom stereocenters. The quantitative estimate of drug-likeness (QED) is 0.646. The smallest absolute Gasteiger partial charge is 0.339 e. The van der Waals surface area contributed by atoms with Crippen LogP contribution in [0.1, 0.15) is 37.9 Å². The van der Waals surface area contributed by atoms with Crippen LogP contribution in [-0.4, -0.2) is 17.0 Å². The zero-order valence-corrected chi connectivity index (χ0v) is 14.4. The van der Waals surface area contributed by atoms with Gasteiger partial charge in [0.1, 0.15) is 0 Å². The molecular formula is C21H15ClO4. The van der Waals surface area contributed by atoms with Gasteiger partial charge in [-0.3, -0.25) is 0 Å². The number of ether oxygens (including phenoxy) is 1. The molecule has 0 heterocycles. The van der Waals surface area contributed by atoms with E-state index in [9.17, 15) is 14.7 Å². The van der Waals surface area contributed by atoms with Crippen LogP contribution in [0, 0.1) is 0 Å². The van der Waals surface area contributed by atoms with Crippen molar-refractivity contribution in [3.63, 3.8) is 0 Å². The average Bonchev–Trinajstić information content (AvgIpc) is 2.66. The molecule has 0 aliphatic rings. The van der Waals surface area contributed by atoms with Gasteiger partial charge in [0.25, 0.3) is 0 Å². The van der Waals surface area contributed by atoms with E-state index in [2.05, 4.69) is 0 Å². The van der Waals surface area contributed by atoms with Crippen LogP contribution in [0.2, 0.25) is 5.02 Å². The molecule has 0 saturated heterocycles. The van der Waals surface area contributed by atoms with Crippen LogP contribution in [0.4, 0.5) is 0 Å². The van der Waals surface area contributed by atoms with E-state index in [1.165, 1.54) is 12.1 Å². The van der Waals surface area contributed by atoms with Crippen molar-refractivity contribution in [3.8, 4) is 0 Å². The van der Waals surface area contributed by atoms with Crippen LogP contribution in [-0.2, 0) is 4.74 Å². The Kier molecular flexibility index (Phi) is 5.34. The van der Waals surface area contributed by atoms with Crippen LogP contribution in [0.25, 0.3) is 0 Å². The van der Waals surface area contributed by atoms with Gasteiger partial charge in [-0.05, 0) is 35.4 Å². The number of aromatic carboxylic acids is 1. The molecule has 3 aromatic rings. The molecule has 0 spiro atoms. The molecule has 0 amide bonds. The predicted molar refractivity (Wildman–Crippen MR) is 98.6 cm³/mol. The minimum absolute atomic E-state index is 0.00274. The maximum absolute atomic E-state index is 12.7. The first kappa shape index (κ1) is 17.7. The first-order valence-corrected chi connectivity index (χ1v) is 8.28. The summed E-state index contributed by atoms with van der Waals surface area (Å²) < 4.78 is 5.69. The third-order valence-electron chi connectivity index (χ3n) is 3.86. The fourth-order valence-corrected chi connectivity index (χ4v) is 2.84. The lowest BCUT2D eigenvalue weighted by Gasteiger charge is -2.19. The van der Waals surface area contributed by atoms with E-state index in [0.29, 0.717) is 10.6 Å². The SMILES string of the molecule is O=C(O)c1ccccc1C(=O)OC(c1ccccc1)c1cccc(Cl)c1. The number of hydrogen-bond donors (Lipinski definition) is 1. The van der Waals surface area contributed by atoms with Crippen LogP contribution in [0.3, 0.4) is 0 Å².